The Hall–Kier alpha value is -2.60. The van der Waals surface area contributed by atoms with Crippen molar-refractivity contribution < 1.29 is 17.9 Å². The Morgan fingerprint density at radius 3 is 2.53 bits per heavy atom. The molecule has 170 valence electrons. The molecule has 2 aromatic carbocycles. The summed E-state index contributed by atoms with van der Waals surface area (Å²) in [4.78, 5) is 11.1. The third kappa shape index (κ3) is 7.52. The van der Waals surface area contributed by atoms with Gasteiger partial charge >= 0.3 is 6.36 Å². The number of anilines is 3. The number of hydrogen-bond donors (Lipinski definition) is 2. The van der Waals surface area contributed by atoms with Crippen LogP contribution in [0.1, 0.15) is 6.42 Å². The van der Waals surface area contributed by atoms with Crippen LogP contribution in [0.3, 0.4) is 0 Å². The number of aromatic nitrogens is 2. The molecule has 10 heteroatoms. The zero-order valence-electron chi connectivity index (χ0n) is 17.6. The lowest BCUT2D eigenvalue weighted by molar-refractivity contribution is -0.274. The molecule has 0 atom stereocenters. The lowest BCUT2D eigenvalue weighted by Crippen LogP contribution is -2.17. The first-order valence-corrected chi connectivity index (χ1v) is 10.9. The molecule has 0 aliphatic rings. The minimum Gasteiger partial charge on any atom is -0.406 e. The van der Waals surface area contributed by atoms with E-state index in [1.807, 2.05) is 38.4 Å². The van der Waals surface area contributed by atoms with E-state index in [0.29, 0.717) is 29.6 Å². The molecule has 0 radical (unpaired) electrons. The number of rotatable bonds is 9. The van der Waals surface area contributed by atoms with Gasteiger partial charge in [-0.25, -0.2) is 4.98 Å². The van der Waals surface area contributed by atoms with E-state index in [4.69, 9.17) is 0 Å². The van der Waals surface area contributed by atoms with Gasteiger partial charge in [0.15, 0.2) is 0 Å². The van der Waals surface area contributed by atoms with Crippen molar-refractivity contribution in [3.63, 3.8) is 0 Å². The zero-order chi connectivity index (χ0) is 23.1. The first kappa shape index (κ1) is 24.1. The lowest BCUT2D eigenvalue weighted by Gasteiger charge is -2.14. The van der Waals surface area contributed by atoms with E-state index < -0.39 is 6.36 Å². The van der Waals surface area contributed by atoms with Gasteiger partial charge < -0.3 is 20.3 Å². The molecule has 2 N–H and O–H groups in total. The minimum atomic E-state index is -4.76. The van der Waals surface area contributed by atoms with Crippen LogP contribution >= 0.6 is 22.6 Å². The summed E-state index contributed by atoms with van der Waals surface area (Å²) < 4.78 is 43.0. The predicted octanol–water partition coefficient (Wildman–Crippen LogP) is 5.75. The summed E-state index contributed by atoms with van der Waals surface area (Å²) in [6.45, 7) is 1.55. The van der Waals surface area contributed by atoms with E-state index in [2.05, 4.69) is 52.8 Å². The summed E-state index contributed by atoms with van der Waals surface area (Å²) >= 11 is 2.22. The number of nitrogens with zero attached hydrogens (tertiary/aromatic N) is 3. The van der Waals surface area contributed by atoms with E-state index in [9.17, 15) is 13.2 Å². The summed E-state index contributed by atoms with van der Waals surface area (Å²) in [7, 11) is 3.99. The Balaban J connectivity index is 1.91. The summed E-state index contributed by atoms with van der Waals surface area (Å²) in [5.74, 6) is 0.606. The van der Waals surface area contributed by atoms with Crippen molar-refractivity contribution in [3.8, 4) is 17.0 Å². The maximum atomic E-state index is 12.6. The highest BCUT2D eigenvalue weighted by atomic mass is 127. The fourth-order valence-corrected chi connectivity index (χ4v) is 3.41. The predicted molar refractivity (Wildman–Crippen MR) is 128 cm³/mol. The van der Waals surface area contributed by atoms with Crippen molar-refractivity contribution >= 4 is 40.0 Å². The van der Waals surface area contributed by atoms with Crippen molar-refractivity contribution in [3.05, 3.63) is 58.2 Å². The highest BCUT2D eigenvalue weighted by molar-refractivity contribution is 14.1. The summed E-state index contributed by atoms with van der Waals surface area (Å²) in [6.07, 6.45) is -3.88. The number of hydrogen-bond acceptors (Lipinski definition) is 6. The molecule has 0 saturated heterocycles. The number of ether oxygens (including phenoxy) is 1. The number of benzene rings is 2. The van der Waals surface area contributed by atoms with E-state index >= 15 is 0 Å². The molecule has 0 aliphatic carbocycles. The third-order valence-electron chi connectivity index (χ3n) is 4.29. The number of halogens is 4. The van der Waals surface area contributed by atoms with E-state index in [1.165, 1.54) is 18.2 Å². The highest BCUT2D eigenvalue weighted by Gasteiger charge is 2.31. The molecule has 0 aliphatic heterocycles. The van der Waals surface area contributed by atoms with Crippen LogP contribution < -0.4 is 15.4 Å². The Kier molecular flexibility index (Phi) is 8.13. The third-order valence-corrected chi connectivity index (χ3v) is 5.23. The number of para-hydroxylation sites is 1. The van der Waals surface area contributed by atoms with Crippen molar-refractivity contribution in [2.45, 2.75) is 12.8 Å². The van der Waals surface area contributed by atoms with Crippen molar-refractivity contribution in [2.75, 3.05) is 37.8 Å². The molecule has 0 saturated carbocycles. The van der Waals surface area contributed by atoms with Gasteiger partial charge in [-0.15, -0.1) is 13.2 Å². The van der Waals surface area contributed by atoms with Crippen LogP contribution in [-0.2, 0) is 0 Å². The molecule has 3 aromatic rings. The molecule has 3 rings (SSSR count). The van der Waals surface area contributed by atoms with E-state index in [0.717, 1.165) is 22.2 Å². The smallest absolute Gasteiger partial charge is 0.406 e. The first-order valence-electron chi connectivity index (χ1n) is 9.85. The number of nitrogens with one attached hydrogen (secondary N) is 2. The van der Waals surface area contributed by atoms with Gasteiger partial charge in [-0.1, -0.05) is 24.3 Å². The maximum Gasteiger partial charge on any atom is 0.573 e. The first-order chi connectivity index (χ1) is 15.2. The molecule has 1 aromatic heterocycles. The summed E-state index contributed by atoms with van der Waals surface area (Å²) in [5, 5.41) is 6.47. The van der Waals surface area contributed by atoms with Crippen molar-refractivity contribution in [1.29, 1.82) is 0 Å². The maximum absolute atomic E-state index is 12.6. The van der Waals surface area contributed by atoms with Gasteiger partial charge in [0.1, 0.15) is 11.6 Å². The summed E-state index contributed by atoms with van der Waals surface area (Å²) in [6, 6.07) is 15.2. The van der Waals surface area contributed by atoms with Crippen molar-refractivity contribution in [2.24, 2.45) is 0 Å². The van der Waals surface area contributed by atoms with Gasteiger partial charge in [-0.05, 0) is 73.9 Å². The lowest BCUT2D eigenvalue weighted by atomic mass is 10.1. The standard InChI is InChI=1S/C22H23F3IN5O/c1-31(2)12-6-11-27-21-29-19(15-7-5-8-16(13-15)32-22(23,24)25)14-20(30-21)28-18-10-4-3-9-17(18)26/h3-5,7-10,13-14H,6,11-12H2,1-2H3,(H2,27,28,29,30). The second-order valence-electron chi connectivity index (χ2n) is 7.23. The van der Waals surface area contributed by atoms with Gasteiger partial charge in [-0.3, -0.25) is 0 Å². The minimum absolute atomic E-state index is 0.304. The van der Waals surface area contributed by atoms with Crippen LogP contribution in [0.5, 0.6) is 5.75 Å². The molecule has 0 amide bonds. The largest absolute Gasteiger partial charge is 0.573 e. The van der Waals surface area contributed by atoms with Gasteiger partial charge in [0.25, 0.3) is 0 Å². The molecular weight excluding hydrogens is 534 g/mol. The zero-order valence-corrected chi connectivity index (χ0v) is 19.7. The second kappa shape index (κ2) is 10.8. The molecule has 6 nitrogen and oxygen atoms in total. The Bertz CT molecular complexity index is 1050. The van der Waals surface area contributed by atoms with E-state index in [1.54, 1.807) is 12.1 Å². The topological polar surface area (TPSA) is 62.3 Å². The van der Waals surface area contributed by atoms with Gasteiger partial charge in [0.2, 0.25) is 5.95 Å². The Morgan fingerprint density at radius 2 is 1.81 bits per heavy atom. The Morgan fingerprint density at radius 1 is 1.03 bits per heavy atom. The monoisotopic (exact) mass is 557 g/mol. The van der Waals surface area contributed by atoms with Gasteiger partial charge in [0.05, 0.1) is 11.4 Å². The van der Waals surface area contributed by atoms with Gasteiger partial charge in [-0.2, -0.15) is 4.98 Å². The van der Waals surface area contributed by atoms with Crippen LogP contribution in [0.15, 0.2) is 54.6 Å². The molecule has 0 fully saturated rings. The summed E-state index contributed by atoms with van der Waals surface area (Å²) in [5.41, 5.74) is 1.82. The SMILES string of the molecule is CN(C)CCCNc1nc(Nc2ccccc2I)cc(-c2cccc(OC(F)(F)F)c2)n1. The fourth-order valence-electron chi connectivity index (χ4n) is 2.89. The quantitative estimate of drug-likeness (QED) is 0.258. The molecule has 0 spiro atoms. The average Bonchev–Trinajstić information content (AvgIpc) is 2.72. The van der Waals surface area contributed by atoms with Crippen LogP contribution in [-0.4, -0.2) is 48.4 Å². The molecular formula is C22H23F3IN5O. The van der Waals surface area contributed by atoms with Crippen LogP contribution in [0.4, 0.5) is 30.6 Å². The normalized spacial score (nSPS) is 11.5. The second-order valence-corrected chi connectivity index (χ2v) is 8.39. The van der Waals surface area contributed by atoms with Gasteiger partial charge in [0, 0.05) is 21.7 Å². The number of alkyl halides is 3. The van der Waals surface area contributed by atoms with Crippen LogP contribution in [0, 0.1) is 3.57 Å². The van der Waals surface area contributed by atoms with Crippen LogP contribution in [0.2, 0.25) is 0 Å². The molecule has 0 unspecified atom stereocenters. The van der Waals surface area contributed by atoms with E-state index in [-0.39, 0.29) is 5.75 Å². The Labute approximate surface area is 198 Å². The van der Waals surface area contributed by atoms with Crippen LogP contribution in [0.25, 0.3) is 11.3 Å². The molecule has 0 bridgehead atoms. The molecule has 1 heterocycles. The molecule has 32 heavy (non-hydrogen) atoms. The highest BCUT2D eigenvalue weighted by Crippen LogP contribution is 2.30. The van der Waals surface area contributed by atoms with Crippen molar-refractivity contribution in [1.82, 2.24) is 14.9 Å². The average molecular weight is 557 g/mol. The fraction of sp³-hybridized carbons (Fsp3) is 0.273.